The fraction of sp³-hybridized carbons (Fsp3) is 0.259. The molecule has 0 aromatic heterocycles. The van der Waals surface area contributed by atoms with E-state index in [0.717, 1.165) is 30.1 Å². The number of fused-ring (bicyclic) bond motifs is 1. The summed E-state index contributed by atoms with van der Waals surface area (Å²) >= 11 is 0. The molecule has 3 aromatic rings. The number of rotatable bonds is 5. The first kappa shape index (κ1) is 21.1. The van der Waals surface area contributed by atoms with Crippen molar-refractivity contribution in [3.63, 3.8) is 0 Å². The largest absolute Gasteiger partial charge is 0.480 e. The third kappa shape index (κ3) is 4.70. The minimum Gasteiger partial charge on any atom is -0.480 e. The van der Waals surface area contributed by atoms with Gasteiger partial charge >= 0.3 is 0 Å². The number of hydrogen-bond acceptors (Lipinski definition) is 4. The van der Waals surface area contributed by atoms with Gasteiger partial charge in [0.1, 0.15) is 5.75 Å². The first-order chi connectivity index (χ1) is 16.0. The van der Waals surface area contributed by atoms with Gasteiger partial charge in [0.2, 0.25) is 0 Å². The first-order valence-corrected chi connectivity index (χ1v) is 11.4. The Morgan fingerprint density at radius 1 is 0.939 bits per heavy atom. The van der Waals surface area contributed by atoms with Crippen LogP contribution in [-0.4, -0.2) is 31.0 Å². The standard InChI is InChI=1S/C27H27N3O3/c1-18-13-14-30(17-18)23-11-9-21(10-12-23)28-26(31)20-6-4-7-22(15-20)29-27(32)25-16-19-5-2-3-8-24(19)33-25/h2-12,15,18,25H,13-14,16-17H2,1H3,(H,28,31)(H,29,32). The normalized spacial score (nSPS) is 19.0. The van der Waals surface area contributed by atoms with Crippen LogP contribution in [0.4, 0.5) is 17.1 Å². The summed E-state index contributed by atoms with van der Waals surface area (Å²) in [4.78, 5) is 27.8. The van der Waals surface area contributed by atoms with Crippen molar-refractivity contribution in [2.75, 3.05) is 28.6 Å². The summed E-state index contributed by atoms with van der Waals surface area (Å²) in [5.41, 5.74) is 3.98. The van der Waals surface area contributed by atoms with Crippen molar-refractivity contribution < 1.29 is 14.3 Å². The molecule has 2 aliphatic heterocycles. The molecule has 0 spiro atoms. The van der Waals surface area contributed by atoms with Gasteiger partial charge in [-0.15, -0.1) is 0 Å². The molecule has 2 aliphatic rings. The zero-order valence-electron chi connectivity index (χ0n) is 18.6. The Kier molecular flexibility index (Phi) is 5.73. The van der Waals surface area contributed by atoms with Crippen LogP contribution < -0.4 is 20.3 Å². The van der Waals surface area contributed by atoms with E-state index in [1.807, 2.05) is 48.5 Å². The van der Waals surface area contributed by atoms with Crippen molar-refractivity contribution >= 4 is 28.9 Å². The van der Waals surface area contributed by atoms with E-state index in [4.69, 9.17) is 4.74 Å². The average Bonchev–Trinajstić information content (AvgIpc) is 3.46. The predicted molar refractivity (Wildman–Crippen MR) is 130 cm³/mol. The van der Waals surface area contributed by atoms with Crippen molar-refractivity contribution in [1.29, 1.82) is 0 Å². The molecule has 6 heteroatoms. The molecule has 2 atom stereocenters. The van der Waals surface area contributed by atoms with E-state index < -0.39 is 6.10 Å². The van der Waals surface area contributed by atoms with Crippen LogP contribution in [0.2, 0.25) is 0 Å². The second-order valence-electron chi connectivity index (χ2n) is 8.83. The number of hydrogen-bond donors (Lipinski definition) is 2. The minimum atomic E-state index is -0.572. The van der Waals surface area contributed by atoms with Crippen LogP contribution in [0.3, 0.4) is 0 Å². The summed E-state index contributed by atoms with van der Waals surface area (Å²) in [5, 5.41) is 5.81. The maximum atomic E-state index is 12.8. The van der Waals surface area contributed by atoms with Crippen molar-refractivity contribution in [2.24, 2.45) is 5.92 Å². The molecule has 2 heterocycles. The fourth-order valence-corrected chi connectivity index (χ4v) is 4.42. The molecular formula is C27H27N3O3. The predicted octanol–water partition coefficient (Wildman–Crippen LogP) is 4.73. The molecule has 5 rings (SSSR count). The lowest BCUT2D eigenvalue weighted by molar-refractivity contribution is -0.122. The van der Waals surface area contributed by atoms with E-state index in [0.29, 0.717) is 23.6 Å². The molecule has 0 radical (unpaired) electrons. The van der Waals surface area contributed by atoms with Gasteiger partial charge in [-0.25, -0.2) is 0 Å². The molecule has 2 unspecified atom stereocenters. The quantitative estimate of drug-likeness (QED) is 0.601. The average molecular weight is 442 g/mol. The molecule has 0 aliphatic carbocycles. The van der Waals surface area contributed by atoms with Crippen molar-refractivity contribution in [1.82, 2.24) is 0 Å². The molecule has 2 amide bonds. The topological polar surface area (TPSA) is 70.7 Å². The number of benzene rings is 3. The van der Waals surface area contributed by atoms with Gasteiger partial charge in [0, 0.05) is 42.1 Å². The smallest absolute Gasteiger partial charge is 0.265 e. The van der Waals surface area contributed by atoms with Crippen LogP contribution in [0, 0.1) is 5.92 Å². The van der Waals surface area contributed by atoms with Gasteiger partial charge in [0.15, 0.2) is 6.10 Å². The Morgan fingerprint density at radius 2 is 1.76 bits per heavy atom. The highest BCUT2D eigenvalue weighted by Crippen LogP contribution is 2.29. The van der Waals surface area contributed by atoms with Crippen LogP contribution >= 0.6 is 0 Å². The van der Waals surface area contributed by atoms with Gasteiger partial charge in [-0.05, 0) is 66.4 Å². The van der Waals surface area contributed by atoms with E-state index in [2.05, 4.69) is 22.5 Å². The highest BCUT2D eigenvalue weighted by atomic mass is 16.5. The third-order valence-electron chi connectivity index (χ3n) is 6.25. The Balaban J connectivity index is 1.20. The minimum absolute atomic E-state index is 0.224. The lowest BCUT2D eigenvalue weighted by Gasteiger charge is -2.18. The number of carbonyl (C=O) groups excluding carboxylic acids is 2. The van der Waals surface area contributed by atoms with Crippen LogP contribution in [0.25, 0.3) is 0 Å². The molecule has 2 N–H and O–H groups in total. The molecule has 1 fully saturated rings. The number of anilines is 3. The molecule has 6 nitrogen and oxygen atoms in total. The SMILES string of the molecule is CC1CCN(c2ccc(NC(=O)c3cccc(NC(=O)C4Cc5ccccc5O4)c3)cc2)C1. The van der Waals surface area contributed by atoms with Gasteiger partial charge in [0.25, 0.3) is 11.8 Å². The fourth-order valence-electron chi connectivity index (χ4n) is 4.42. The number of nitrogens with zero attached hydrogens (tertiary/aromatic N) is 1. The second kappa shape index (κ2) is 8.98. The lowest BCUT2D eigenvalue weighted by Crippen LogP contribution is -2.31. The van der Waals surface area contributed by atoms with Crippen LogP contribution in [0.1, 0.15) is 29.3 Å². The molecule has 3 aromatic carbocycles. The van der Waals surface area contributed by atoms with Crippen molar-refractivity contribution in [2.45, 2.75) is 25.9 Å². The van der Waals surface area contributed by atoms with Gasteiger partial charge in [-0.3, -0.25) is 9.59 Å². The maximum Gasteiger partial charge on any atom is 0.265 e. The Bertz CT molecular complexity index is 1150. The zero-order valence-corrected chi connectivity index (χ0v) is 18.6. The number of nitrogens with one attached hydrogen (secondary N) is 2. The molecular weight excluding hydrogens is 414 g/mol. The van der Waals surface area contributed by atoms with Crippen molar-refractivity contribution in [3.8, 4) is 5.75 Å². The summed E-state index contributed by atoms with van der Waals surface area (Å²) in [5.74, 6) is 1.01. The molecule has 0 saturated carbocycles. The number of amides is 2. The van der Waals surface area contributed by atoms with E-state index in [9.17, 15) is 9.59 Å². The molecule has 168 valence electrons. The highest BCUT2D eigenvalue weighted by Gasteiger charge is 2.28. The van der Waals surface area contributed by atoms with Crippen LogP contribution in [0.5, 0.6) is 5.75 Å². The Hall–Kier alpha value is -3.80. The zero-order chi connectivity index (χ0) is 22.8. The summed E-state index contributed by atoms with van der Waals surface area (Å²) in [6.07, 6.45) is 1.18. The number of ether oxygens (including phenoxy) is 1. The third-order valence-corrected chi connectivity index (χ3v) is 6.25. The first-order valence-electron chi connectivity index (χ1n) is 11.4. The summed E-state index contributed by atoms with van der Waals surface area (Å²) in [7, 11) is 0. The summed E-state index contributed by atoms with van der Waals surface area (Å²) in [6.45, 7) is 4.41. The summed E-state index contributed by atoms with van der Waals surface area (Å²) < 4.78 is 5.76. The van der Waals surface area contributed by atoms with Gasteiger partial charge in [-0.1, -0.05) is 31.2 Å². The van der Waals surface area contributed by atoms with Gasteiger partial charge in [-0.2, -0.15) is 0 Å². The highest BCUT2D eigenvalue weighted by molar-refractivity contribution is 6.05. The molecule has 1 saturated heterocycles. The maximum absolute atomic E-state index is 12.8. The van der Waals surface area contributed by atoms with E-state index in [1.165, 1.54) is 12.1 Å². The Labute approximate surface area is 193 Å². The van der Waals surface area contributed by atoms with Gasteiger partial charge in [0.05, 0.1) is 0 Å². The van der Waals surface area contributed by atoms with Crippen LogP contribution in [0.15, 0.2) is 72.8 Å². The van der Waals surface area contributed by atoms with Gasteiger partial charge < -0.3 is 20.3 Å². The number of carbonyl (C=O) groups is 2. The van der Waals surface area contributed by atoms with Crippen LogP contribution in [-0.2, 0) is 11.2 Å². The lowest BCUT2D eigenvalue weighted by atomic mass is 10.1. The van der Waals surface area contributed by atoms with E-state index >= 15 is 0 Å². The molecule has 0 bridgehead atoms. The van der Waals surface area contributed by atoms with E-state index in [1.54, 1.807) is 24.3 Å². The monoisotopic (exact) mass is 441 g/mol. The van der Waals surface area contributed by atoms with E-state index in [-0.39, 0.29) is 11.8 Å². The van der Waals surface area contributed by atoms with Crippen molar-refractivity contribution in [3.05, 3.63) is 83.9 Å². The second-order valence-corrected chi connectivity index (χ2v) is 8.83. The molecule has 33 heavy (non-hydrogen) atoms. The number of para-hydroxylation sites is 1. The summed E-state index contributed by atoms with van der Waals surface area (Å²) in [6, 6.07) is 22.5. The Morgan fingerprint density at radius 3 is 2.52 bits per heavy atom.